The maximum atomic E-state index is 5.57. The third kappa shape index (κ3) is 1.92. The van der Waals surface area contributed by atoms with Crippen molar-refractivity contribution < 1.29 is 0 Å². The Bertz CT molecular complexity index is 451. The molecular weight excluding hydrogens is 226 g/mol. The van der Waals surface area contributed by atoms with Crippen LogP contribution in [0, 0.1) is 6.92 Å². The van der Waals surface area contributed by atoms with E-state index >= 15 is 0 Å². The molecule has 2 aliphatic carbocycles. The lowest BCUT2D eigenvalue weighted by Gasteiger charge is -2.36. The Morgan fingerprint density at radius 1 is 1.22 bits per heavy atom. The van der Waals surface area contributed by atoms with Gasteiger partial charge in [-0.15, -0.1) is 0 Å². The molecule has 18 heavy (non-hydrogen) atoms. The fourth-order valence-electron chi connectivity index (χ4n) is 2.48. The topological polar surface area (TPSA) is 67.1 Å². The van der Waals surface area contributed by atoms with Crippen molar-refractivity contribution in [3.63, 3.8) is 0 Å². The highest BCUT2D eigenvalue weighted by Crippen LogP contribution is 2.40. The maximum absolute atomic E-state index is 5.57. The van der Waals surface area contributed by atoms with Crippen molar-refractivity contribution in [3.05, 3.63) is 11.4 Å². The first-order chi connectivity index (χ1) is 8.70. The molecule has 0 aliphatic heterocycles. The second kappa shape index (κ2) is 4.39. The number of hydrogen-bond acceptors (Lipinski definition) is 5. The van der Waals surface area contributed by atoms with Crippen LogP contribution in [0.4, 0.5) is 11.6 Å². The summed E-state index contributed by atoms with van der Waals surface area (Å²) in [6, 6.07) is 0.635. The Labute approximate surface area is 108 Å². The number of hydrazine groups is 1. The van der Waals surface area contributed by atoms with E-state index in [2.05, 4.69) is 22.4 Å². The van der Waals surface area contributed by atoms with Gasteiger partial charge in [0.25, 0.3) is 0 Å². The van der Waals surface area contributed by atoms with Gasteiger partial charge in [0.2, 0.25) is 0 Å². The van der Waals surface area contributed by atoms with Crippen molar-refractivity contribution in [2.24, 2.45) is 5.84 Å². The number of aromatic nitrogens is 2. The van der Waals surface area contributed by atoms with Gasteiger partial charge in [-0.05, 0) is 39.0 Å². The van der Waals surface area contributed by atoms with Crippen LogP contribution in [0.25, 0.3) is 0 Å². The molecule has 0 atom stereocenters. The van der Waals surface area contributed by atoms with Gasteiger partial charge in [0, 0.05) is 24.6 Å². The maximum Gasteiger partial charge on any atom is 0.148 e. The van der Waals surface area contributed by atoms with E-state index in [1.54, 1.807) is 0 Å². The van der Waals surface area contributed by atoms with Crippen molar-refractivity contribution in [3.8, 4) is 0 Å². The molecule has 0 unspecified atom stereocenters. The lowest BCUT2D eigenvalue weighted by Crippen LogP contribution is -2.38. The van der Waals surface area contributed by atoms with Crippen molar-refractivity contribution in [2.45, 2.75) is 51.0 Å². The van der Waals surface area contributed by atoms with Gasteiger partial charge >= 0.3 is 0 Å². The van der Waals surface area contributed by atoms with E-state index in [1.165, 1.54) is 32.1 Å². The average Bonchev–Trinajstić information content (AvgIpc) is 3.10. The Morgan fingerprint density at radius 2 is 1.94 bits per heavy atom. The van der Waals surface area contributed by atoms with Gasteiger partial charge in [0.15, 0.2) is 0 Å². The Hall–Kier alpha value is -1.36. The number of nitrogens with two attached hydrogens (primary N) is 1. The summed E-state index contributed by atoms with van der Waals surface area (Å²) in [6.07, 6.45) is 6.28. The van der Waals surface area contributed by atoms with E-state index in [1.807, 2.05) is 6.92 Å². The summed E-state index contributed by atoms with van der Waals surface area (Å²) in [6.45, 7) is 2.04. The Morgan fingerprint density at radius 3 is 2.44 bits per heavy atom. The van der Waals surface area contributed by atoms with Crippen LogP contribution < -0.4 is 16.2 Å². The number of nitrogen functional groups attached to an aromatic ring is 1. The largest absolute Gasteiger partial charge is 0.356 e. The highest BCUT2D eigenvalue weighted by atomic mass is 15.3. The lowest BCUT2D eigenvalue weighted by molar-refractivity contribution is 0.398. The Kier molecular flexibility index (Phi) is 2.86. The molecule has 1 aromatic rings. The number of rotatable bonds is 4. The summed E-state index contributed by atoms with van der Waals surface area (Å²) >= 11 is 0. The van der Waals surface area contributed by atoms with Gasteiger partial charge in [0.1, 0.15) is 17.5 Å². The van der Waals surface area contributed by atoms with Gasteiger partial charge < -0.3 is 10.3 Å². The van der Waals surface area contributed by atoms with Crippen LogP contribution >= 0.6 is 0 Å². The highest BCUT2D eigenvalue weighted by Gasteiger charge is 2.30. The van der Waals surface area contributed by atoms with E-state index in [9.17, 15) is 0 Å². The predicted molar refractivity (Wildman–Crippen MR) is 72.6 cm³/mol. The molecule has 2 saturated carbocycles. The second-order valence-corrected chi connectivity index (χ2v) is 5.49. The summed E-state index contributed by atoms with van der Waals surface area (Å²) in [4.78, 5) is 11.6. The summed E-state index contributed by atoms with van der Waals surface area (Å²) in [5.74, 6) is 8.89. The number of nitrogens with zero attached hydrogens (tertiary/aromatic N) is 3. The summed E-state index contributed by atoms with van der Waals surface area (Å²) in [5, 5.41) is 0. The predicted octanol–water partition coefficient (Wildman–Crippen LogP) is 1.94. The number of hydrogen-bond donors (Lipinski definition) is 2. The first kappa shape index (κ1) is 11.7. The van der Waals surface area contributed by atoms with E-state index in [0.29, 0.717) is 12.0 Å². The van der Waals surface area contributed by atoms with Crippen molar-refractivity contribution in [2.75, 3.05) is 17.4 Å². The highest BCUT2D eigenvalue weighted by molar-refractivity contribution is 5.58. The molecule has 0 bridgehead atoms. The minimum Gasteiger partial charge on any atom is -0.356 e. The molecule has 2 aliphatic rings. The van der Waals surface area contributed by atoms with Gasteiger partial charge in [0.05, 0.1) is 0 Å². The van der Waals surface area contributed by atoms with Crippen molar-refractivity contribution in [1.82, 2.24) is 9.97 Å². The molecule has 3 rings (SSSR count). The van der Waals surface area contributed by atoms with E-state index in [0.717, 1.165) is 23.0 Å². The number of nitrogens with one attached hydrogen (secondary N) is 1. The smallest absolute Gasteiger partial charge is 0.148 e. The molecular formula is C13H21N5. The van der Waals surface area contributed by atoms with Crippen LogP contribution in [0.1, 0.15) is 49.4 Å². The fourth-order valence-corrected chi connectivity index (χ4v) is 2.48. The third-order valence-electron chi connectivity index (χ3n) is 4.17. The summed E-state index contributed by atoms with van der Waals surface area (Å²) < 4.78 is 0. The molecule has 1 aromatic heterocycles. The summed E-state index contributed by atoms with van der Waals surface area (Å²) in [7, 11) is 2.14. The lowest BCUT2D eigenvalue weighted by atomic mass is 9.92. The molecule has 0 aromatic carbocycles. The third-order valence-corrected chi connectivity index (χ3v) is 4.17. The van der Waals surface area contributed by atoms with Crippen LogP contribution in [-0.4, -0.2) is 23.1 Å². The molecule has 2 fully saturated rings. The summed E-state index contributed by atoms with van der Waals surface area (Å²) in [5.41, 5.74) is 3.76. The molecule has 5 nitrogen and oxygen atoms in total. The molecule has 5 heteroatoms. The zero-order valence-electron chi connectivity index (χ0n) is 11.1. The van der Waals surface area contributed by atoms with Crippen LogP contribution in [0.15, 0.2) is 0 Å². The van der Waals surface area contributed by atoms with E-state index in [4.69, 9.17) is 10.8 Å². The average molecular weight is 247 g/mol. The molecule has 0 spiro atoms. The molecule has 98 valence electrons. The van der Waals surface area contributed by atoms with Crippen molar-refractivity contribution >= 4 is 11.6 Å². The van der Waals surface area contributed by atoms with Crippen molar-refractivity contribution in [1.29, 1.82) is 0 Å². The van der Waals surface area contributed by atoms with Crippen LogP contribution in [-0.2, 0) is 0 Å². The molecule has 0 saturated heterocycles. The monoisotopic (exact) mass is 247 g/mol. The zero-order chi connectivity index (χ0) is 12.7. The number of anilines is 2. The first-order valence-corrected chi connectivity index (χ1v) is 6.78. The van der Waals surface area contributed by atoms with Gasteiger partial charge in [-0.1, -0.05) is 0 Å². The standard InChI is InChI=1S/C13H21N5/c1-8-11(17-14)15-12(9-6-7-9)16-13(8)18(2)10-4-3-5-10/h9-10H,3-7,14H2,1-2H3,(H,15,16,17). The van der Waals surface area contributed by atoms with Crippen LogP contribution in [0.5, 0.6) is 0 Å². The van der Waals surface area contributed by atoms with Gasteiger partial charge in [-0.2, -0.15) is 0 Å². The normalized spacial score (nSPS) is 19.5. The fraction of sp³-hybridized carbons (Fsp3) is 0.692. The molecule has 1 heterocycles. The molecule has 0 amide bonds. The second-order valence-electron chi connectivity index (χ2n) is 5.49. The van der Waals surface area contributed by atoms with E-state index in [-0.39, 0.29) is 0 Å². The molecule has 3 N–H and O–H groups in total. The minimum absolute atomic E-state index is 0.547. The van der Waals surface area contributed by atoms with Crippen LogP contribution in [0.2, 0.25) is 0 Å². The van der Waals surface area contributed by atoms with E-state index < -0.39 is 0 Å². The van der Waals surface area contributed by atoms with Gasteiger partial charge in [-0.3, -0.25) is 0 Å². The first-order valence-electron chi connectivity index (χ1n) is 6.78. The SMILES string of the molecule is Cc1c(NN)nc(C2CC2)nc1N(C)C1CCC1. The van der Waals surface area contributed by atoms with Gasteiger partial charge in [-0.25, -0.2) is 15.8 Å². The van der Waals surface area contributed by atoms with Crippen LogP contribution in [0.3, 0.4) is 0 Å². The quantitative estimate of drug-likeness (QED) is 0.628. The zero-order valence-corrected chi connectivity index (χ0v) is 11.1. The Balaban J connectivity index is 1.97. The molecule has 0 radical (unpaired) electrons. The minimum atomic E-state index is 0.547.